The minimum absolute atomic E-state index is 0.0575. The molecular formula is C13H25N3O2. The zero-order valence-corrected chi connectivity index (χ0v) is 11.4. The summed E-state index contributed by atoms with van der Waals surface area (Å²) < 4.78 is 5.27. The molecule has 5 nitrogen and oxygen atoms in total. The van der Waals surface area contributed by atoms with Gasteiger partial charge in [0.25, 0.3) is 0 Å². The molecule has 0 aromatic heterocycles. The Morgan fingerprint density at radius 1 is 1.33 bits per heavy atom. The Kier molecular flexibility index (Phi) is 4.59. The number of hydrogen-bond acceptors (Lipinski definition) is 4. The molecule has 0 aromatic carbocycles. The number of ether oxygens (including phenoxy) is 1. The summed E-state index contributed by atoms with van der Waals surface area (Å²) in [6.07, 6.45) is 4.70. The Hall–Kier alpha value is -0.650. The van der Waals surface area contributed by atoms with Crippen molar-refractivity contribution in [1.82, 2.24) is 9.80 Å². The number of hydrogen-bond donors (Lipinski definition) is 1. The maximum Gasteiger partial charge on any atom is 0.236 e. The van der Waals surface area contributed by atoms with Crippen LogP contribution in [0.5, 0.6) is 0 Å². The number of carbonyl (C=O) groups excluding carboxylic acids is 1. The van der Waals surface area contributed by atoms with Gasteiger partial charge in [0.2, 0.25) is 5.91 Å². The lowest BCUT2D eigenvalue weighted by molar-refractivity contribution is -0.137. The van der Waals surface area contributed by atoms with E-state index in [-0.39, 0.29) is 11.4 Å². The smallest absolute Gasteiger partial charge is 0.236 e. The summed E-state index contributed by atoms with van der Waals surface area (Å²) in [5.74, 6) is 0.209. The van der Waals surface area contributed by atoms with E-state index in [1.54, 1.807) is 0 Å². The summed E-state index contributed by atoms with van der Waals surface area (Å²) in [5.41, 5.74) is 5.99. The summed E-state index contributed by atoms with van der Waals surface area (Å²) in [6.45, 7) is 3.91. The Morgan fingerprint density at radius 3 is 2.50 bits per heavy atom. The number of carbonyl (C=O) groups is 1. The largest absolute Gasteiger partial charge is 0.378 e. The van der Waals surface area contributed by atoms with E-state index in [4.69, 9.17) is 10.5 Å². The van der Waals surface area contributed by atoms with Crippen LogP contribution >= 0.6 is 0 Å². The van der Waals surface area contributed by atoms with Gasteiger partial charge in [-0.3, -0.25) is 9.69 Å². The quantitative estimate of drug-likeness (QED) is 0.771. The van der Waals surface area contributed by atoms with E-state index < -0.39 is 0 Å². The Bertz CT molecular complexity index is 284. The van der Waals surface area contributed by atoms with Crippen LogP contribution in [0.3, 0.4) is 0 Å². The van der Waals surface area contributed by atoms with Gasteiger partial charge in [-0.2, -0.15) is 0 Å². The number of amides is 1. The van der Waals surface area contributed by atoms with Crippen molar-refractivity contribution >= 4 is 5.91 Å². The van der Waals surface area contributed by atoms with E-state index >= 15 is 0 Å². The molecule has 2 aliphatic rings. The fraction of sp³-hybridized carbons (Fsp3) is 0.923. The minimum Gasteiger partial charge on any atom is -0.378 e. The molecule has 0 spiro atoms. The monoisotopic (exact) mass is 255 g/mol. The second-order valence-corrected chi connectivity index (χ2v) is 5.48. The lowest BCUT2D eigenvalue weighted by Crippen LogP contribution is -2.54. The molecule has 0 unspecified atom stereocenters. The highest BCUT2D eigenvalue weighted by Gasteiger charge is 2.37. The van der Waals surface area contributed by atoms with Gasteiger partial charge in [0.05, 0.1) is 19.8 Å². The van der Waals surface area contributed by atoms with Gasteiger partial charge in [0, 0.05) is 25.2 Å². The number of nitrogens with two attached hydrogens (primary N) is 1. The molecule has 1 amide bonds. The number of rotatable bonds is 4. The van der Waals surface area contributed by atoms with Crippen molar-refractivity contribution in [2.24, 2.45) is 5.73 Å². The third kappa shape index (κ3) is 2.84. The van der Waals surface area contributed by atoms with Crippen molar-refractivity contribution in [3.63, 3.8) is 0 Å². The topological polar surface area (TPSA) is 58.8 Å². The summed E-state index contributed by atoms with van der Waals surface area (Å²) in [5, 5.41) is 0. The third-order valence-corrected chi connectivity index (χ3v) is 4.46. The third-order valence-electron chi connectivity index (χ3n) is 4.46. The first-order chi connectivity index (χ1) is 8.68. The molecule has 2 fully saturated rings. The first kappa shape index (κ1) is 13.8. The van der Waals surface area contributed by atoms with E-state index in [2.05, 4.69) is 4.90 Å². The molecule has 1 aliphatic carbocycles. The molecule has 0 bridgehead atoms. The van der Waals surface area contributed by atoms with Crippen LogP contribution in [-0.4, -0.2) is 67.7 Å². The van der Waals surface area contributed by atoms with Gasteiger partial charge in [-0.15, -0.1) is 0 Å². The second kappa shape index (κ2) is 5.99. The van der Waals surface area contributed by atoms with Crippen molar-refractivity contribution in [2.45, 2.75) is 31.2 Å². The maximum atomic E-state index is 12.2. The van der Waals surface area contributed by atoms with Crippen LogP contribution < -0.4 is 5.73 Å². The number of morpholine rings is 1. The van der Waals surface area contributed by atoms with Gasteiger partial charge < -0.3 is 15.4 Å². The average Bonchev–Trinajstić information content (AvgIpc) is 2.89. The maximum absolute atomic E-state index is 12.2. The molecule has 104 valence electrons. The molecule has 18 heavy (non-hydrogen) atoms. The van der Waals surface area contributed by atoms with Crippen LogP contribution in [0.1, 0.15) is 25.7 Å². The average molecular weight is 255 g/mol. The Morgan fingerprint density at radius 2 is 1.94 bits per heavy atom. The van der Waals surface area contributed by atoms with Crippen LogP contribution in [0.15, 0.2) is 0 Å². The van der Waals surface area contributed by atoms with Crippen LogP contribution in [0.25, 0.3) is 0 Å². The Balaban J connectivity index is 1.89. The van der Waals surface area contributed by atoms with E-state index in [0.717, 1.165) is 25.9 Å². The molecule has 2 rings (SSSR count). The summed E-state index contributed by atoms with van der Waals surface area (Å²) >= 11 is 0. The molecule has 0 atom stereocenters. The highest BCUT2D eigenvalue weighted by molar-refractivity contribution is 5.78. The minimum atomic E-state index is 0.0575. The van der Waals surface area contributed by atoms with Crippen LogP contribution in [0.2, 0.25) is 0 Å². The zero-order chi connectivity index (χ0) is 13.0. The van der Waals surface area contributed by atoms with Crippen LogP contribution in [0.4, 0.5) is 0 Å². The van der Waals surface area contributed by atoms with E-state index in [9.17, 15) is 4.79 Å². The predicted octanol–water partition coefficient (Wildman–Crippen LogP) is 0.0485. The first-order valence-electron chi connectivity index (χ1n) is 6.95. The normalized spacial score (nSPS) is 23.6. The van der Waals surface area contributed by atoms with Gasteiger partial charge in [-0.25, -0.2) is 0 Å². The van der Waals surface area contributed by atoms with E-state index in [1.807, 2.05) is 11.9 Å². The lowest BCUT2D eigenvalue weighted by Gasteiger charge is -2.39. The van der Waals surface area contributed by atoms with Gasteiger partial charge in [-0.1, -0.05) is 12.8 Å². The molecule has 5 heteroatoms. The zero-order valence-electron chi connectivity index (χ0n) is 11.4. The summed E-state index contributed by atoms with van der Waals surface area (Å²) in [4.78, 5) is 16.3. The van der Waals surface area contributed by atoms with E-state index in [1.165, 1.54) is 12.8 Å². The number of likely N-dealkylation sites (N-methyl/N-ethyl adjacent to an activating group) is 1. The molecule has 1 saturated carbocycles. The fourth-order valence-electron chi connectivity index (χ4n) is 3.06. The fourth-order valence-corrected chi connectivity index (χ4v) is 3.06. The van der Waals surface area contributed by atoms with Gasteiger partial charge in [0.15, 0.2) is 0 Å². The SMILES string of the molecule is CN(CC(=O)N1CCOCC1)C1(CN)CCCC1. The Labute approximate surface area is 109 Å². The number of nitrogens with zero attached hydrogens (tertiary/aromatic N) is 2. The first-order valence-corrected chi connectivity index (χ1v) is 6.95. The van der Waals surface area contributed by atoms with Gasteiger partial charge in [-0.05, 0) is 19.9 Å². The van der Waals surface area contributed by atoms with Crippen molar-refractivity contribution in [3.8, 4) is 0 Å². The highest BCUT2D eigenvalue weighted by atomic mass is 16.5. The van der Waals surface area contributed by atoms with Gasteiger partial charge in [0.1, 0.15) is 0 Å². The van der Waals surface area contributed by atoms with Crippen molar-refractivity contribution in [2.75, 3.05) is 46.4 Å². The summed E-state index contributed by atoms with van der Waals surface area (Å²) in [7, 11) is 2.04. The second-order valence-electron chi connectivity index (χ2n) is 5.48. The molecule has 1 heterocycles. The molecule has 0 radical (unpaired) electrons. The van der Waals surface area contributed by atoms with Crippen molar-refractivity contribution < 1.29 is 9.53 Å². The predicted molar refractivity (Wildman–Crippen MR) is 70.3 cm³/mol. The molecule has 1 aliphatic heterocycles. The summed E-state index contributed by atoms with van der Waals surface area (Å²) in [6, 6.07) is 0. The van der Waals surface area contributed by atoms with Crippen molar-refractivity contribution in [1.29, 1.82) is 0 Å². The van der Waals surface area contributed by atoms with E-state index in [0.29, 0.717) is 26.3 Å². The molecule has 1 saturated heterocycles. The van der Waals surface area contributed by atoms with Crippen LogP contribution in [-0.2, 0) is 9.53 Å². The van der Waals surface area contributed by atoms with Gasteiger partial charge >= 0.3 is 0 Å². The molecular weight excluding hydrogens is 230 g/mol. The highest BCUT2D eigenvalue weighted by Crippen LogP contribution is 2.33. The van der Waals surface area contributed by atoms with Crippen molar-refractivity contribution in [3.05, 3.63) is 0 Å². The lowest BCUT2D eigenvalue weighted by atomic mass is 9.96. The molecule has 0 aromatic rings. The standard InChI is InChI=1S/C13H25N3O2/c1-15(13(11-14)4-2-3-5-13)10-12(17)16-6-8-18-9-7-16/h2-11,14H2,1H3. The van der Waals surface area contributed by atoms with Crippen LogP contribution in [0, 0.1) is 0 Å². The molecule has 2 N–H and O–H groups in total.